The summed E-state index contributed by atoms with van der Waals surface area (Å²) < 4.78 is 0. The molecule has 5 heteroatoms. The van der Waals surface area contributed by atoms with Gasteiger partial charge in [-0.1, -0.05) is 30.3 Å². The van der Waals surface area contributed by atoms with Crippen LogP contribution in [0.4, 0.5) is 4.79 Å². The lowest BCUT2D eigenvalue weighted by atomic mass is 10.2. The molecule has 2 amide bonds. The third kappa shape index (κ3) is 5.93. The van der Waals surface area contributed by atoms with Crippen molar-refractivity contribution in [1.82, 2.24) is 10.6 Å². The van der Waals surface area contributed by atoms with Crippen LogP contribution in [0.1, 0.15) is 5.56 Å². The number of hydrogen-bond acceptors (Lipinski definition) is 2. The van der Waals surface area contributed by atoms with Crippen molar-refractivity contribution < 1.29 is 4.79 Å². The van der Waals surface area contributed by atoms with Crippen LogP contribution in [0, 0.1) is 0 Å². The van der Waals surface area contributed by atoms with Crippen LogP contribution in [0.15, 0.2) is 30.3 Å². The van der Waals surface area contributed by atoms with Crippen molar-refractivity contribution in [3.8, 4) is 0 Å². The van der Waals surface area contributed by atoms with Crippen LogP contribution in [0.5, 0.6) is 0 Å². The van der Waals surface area contributed by atoms with E-state index in [2.05, 4.69) is 10.6 Å². The summed E-state index contributed by atoms with van der Waals surface area (Å²) in [5.74, 6) is 0. The second kappa shape index (κ2) is 8.08. The smallest absolute Gasteiger partial charge is 0.315 e. The Hall–Kier alpha value is -1.26. The van der Waals surface area contributed by atoms with Crippen LogP contribution >= 0.6 is 12.4 Å². The number of carbonyl (C=O) groups excluding carboxylic acids is 1. The van der Waals surface area contributed by atoms with E-state index in [9.17, 15) is 4.79 Å². The minimum atomic E-state index is -0.181. The zero-order valence-electron chi connectivity index (χ0n) is 8.40. The molecule has 0 aliphatic heterocycles. The second-order valence-corrected chi connectivity index (χ2v) is 2.88. The molecular weight excluding hydrogens is 214 g/mol. The van der Waals surface area contributed by atoms with Crippen LogP contribution in [0.2, 0.25) is 0 Å². The maximum Gasteiger partial charge on any atom is 0.315 e. The lowest BCUT2D eigenvalue weighted by Crippen LogP contribution is -2.37. The van der Waals surface area contributed by atoms with Gasteiger partial charge in [0.1, 0.15) is 0 Å². The lowest BCUT2D eigenvalue weighted by molar-refractivity contribution is 0.241. The van der Waals surface area contributed by atoms with Gasteiger partial charge in [0.05, 0.1) is 0 Å². The molecule has 0 saturated carbocycles. The summed E-state index contributed by atoms with van der Waals surface area (Å²) in [7, 11) is 0. The summed E-state index contributed by atoms with van der Waals surface area (Å²) in [5, 5.41) is 5.36. The van der Waals surface area contributed by atoms with Crippen LogP contribution in [-0.2, 0) is 6.54 Å². The number of benzene rings is 1. The normalized spacial score (nSPS) is 8.87. The highest BCUT2D eigenvalue weighted by Crippen LogP contribution is 1.96. The van der Waals surface area contributed by atoms with Crippen molar-refractivity contribution in [3.63, 3.8) is 0 Å². The zero-order valence-corrected chi connectivity index (χ0v) is 9.22. The molecule has 0 unspecified atom stereocenters. The molecule has 4 nitrogen and oxygen atoms in total. The number of carbonyl (C=O) groups is 1. The summed E-state index contributed by atoms with van der Waals surface area (Å²) in [5.41, 5.74) is 6.32. The molecule has 0 fully saturated rings. The molecule has 0 spiro atoms. The molecule has 0 aliphatic rings. The SMILES string of the molecule is Cl.NCCNC(=O)NCc1ccccc1. The van der Waals surface area contributed by atoms with Crippen molar-refractivity contribution in [2.75, 3.05) is 13.1 Å². The monoisotopic (exact) mass is 229 g/mol. The predicted octanol–water partition coefficient (Wildman–Crippen LogP) is 0.866. The summed E-state index contributed by atoms with van der Waals surface area (Å²) in [6.45, 7) is 1.50. The highest BCUT2D eigenvalue weighted by atomic mass is 35.5. The maximum absolute atomic E-state index is 11.1. The van der Waals surface area contributed by atoms with Gasteiger partial charge in [0, 0.05) is 19.6 Å². The van der Waals surface area contributed by atoms with E-state index in [-0.39, 0.29) is 18.4 Å². The van der Waals surface area contributed by atoms with E-state index in [4.69, 9.17) is 5.73 Å². The van der Waals surface area contributed by atoms with Crippen molar-refractivity contribution in [2.45, 2.75) is 6.54 Å². The van der Waals surface area contributed by atoms with Gasteiger partial charge in [-0.2, -0.15) is 0 Å². The van der Waals surface area contributed by atoms with Gasteiger partial charge in [-0.25, -0.2) is 4.79 Å². The van der Waals surface area contributed by atoms with Crippen molar-refractivity contribution >= 4 is 18.4 Å². The van der Waals surface area contributed by atoms with Crippen LogP contribution in [-0.4, -0.2) is 19.1 Å². The molecule has 0 saturated heterocycles. The third-order valence-electron chi connectivity index (χ3n) is 1.73. The number of rotatable bonds is 4. The zero-order chi connectivity index (χ0) is 10.2. The minimum absolute atomic E-state index is 0. The Labute approximate surface area is 95.6 Å². The highest BCUT2D eigenvalue weighted by molar-refractivity contribution is 5.85. The molecule has 0 aliphatic carbocycles. The number of amides is 2. The van der Waals surface area contributed by atoms with Gasteiger partial charge in [0.25, 0.3) is 0 Å². The fraction of sp³-hybridized carbons (Fsp3) is 0.300. The Kier molecular flexibility index (Phi) is 7.40. The fourth-order valence-electron chi connectivity index (χ4n) is 1.03. The molecule has 15 heavy (non-hydrogen) atoms. The first-order valence-electron chi connectivity index (χ1n) is 4.58. The Balaban J connectivity index is 0.00000196. The molecule has 0 aromatic heterocycles. The molecule has 0 atom stereocenters. The molecule has 1 aromatic carbocycles. The molecule has 84 valence electrons. The highest BCUT2D eigenvalue weighted by Gasteiger charge is 1.97. The Morgan fingerprint density at radius 1 is 1.20 bits per heavy atom. The molecule has 0 heterocycles. The van der Waals surface area contributed by atoms with Crippen LogP contribution < -0.4 is 16.4 Å². The summed E-state index contributed by atoms with van der Waals surface area (Å²) in [4.78, 5) is 11.1. The van der Waals surface area contributed by atoms with E-state index in [1.807, 2.05) is 30.3 Å². The van der Waals surface area contributed by atoms with Crippen molar-refractivity contribution in [3.05, 3.63) is 35.9 Å². The van der Waals surface area contributed by atoms with Crippen LogP contribution in [0.25, 0.3) is 0 Å². The molecule has 0 radical (unpaired) electrons. The van der Waals surface area contributed by atoms with E-state index in [1.54, 1.807) is 0 Å². The topological polar surface area (TPSA) is 67.1 Å². The van der Waals surface area contributed by atoms with E-state index in [0.717, 1.165) is 5.56 Å². The number of nitrogens with two attached hydrogens (primary N) is 1. The number of halogens is 1. The fourth-order valence-corrected chi connectivity index (χ4v) is 1.03. The first kappa shape index (κ1) is 13.7. The van der Waals surface area contributed by atoms with E-state index >= 15 is 0 Å². The van der Waals surface area contributed by atoms with Gasteiger partial charge < -0.3 is 16.4 Å². The molecular formula is C10H16ClN3O. The Morgan fingerprint density at radius 2 is 1.87 bits per heavy atom. The number of nitrogens with one attached hydrogen (secondary N) is 2. The van der Waals surface area contributed by atoms with Gasteiger partial charge >= 0.3 is 6.03 Å². The predicted molar refractivity (Wildman–Crippen MR) is 63.0 cm³/mol. The van der Waals surface area contributed by atoms with Gasteiger partial charge in [0.15, 0.2) is 0 Å². The van der Waals surface area contributed by atoms with Crippen molar-refractivity contribution in [1.29, 1.82) is 0 Å². The molecule has 1 aromatic rings. The standard InChI is InChI=1S/C10H15N3O.ClH/c11-6-7-12-10(14)13-8-9-4-2-1-3-5-9;/h1-5H,6-8,11H2,(H2,12,13,14);1H. The summed E-state index contributed by atoms with van der Waals surface area (Å²) in [6, 6.07) is 9.56. The van der Waals surface area contributed by atoms with Crippen LogP contribution in [0.3, 0.4) is 0 Å². The van der Waals surface area contributed by atoms with Gasteiger partial charge in [-0.3, -0.25) is 0 Å². The van der Waals surface area contributed by atoms with E-state index in [0.29, 0.717) is 19.6 Å². The number of hydrogen-bond donors (Lipinski definition) is 3. The van der Waals surface area contributed by atoms with Gasteiger partial charge in [0.2, 0.25) is 0 Å². The molecule has 1 rings (SSSR count). The average molecular weight is 230 g/mol. The largest absolute Gasteiger partial charge is 0.337 e. The average Bonchev–Trinajstić information content (AvgIpc) is 2.25. The Morgan fingerprint density at radius 3 is 2.47 bits per heavy atom. The lowest BCUT2D eigenvalue weighted by Gasteiger charge is -2.06. The quantitative estimate of drug-likeness (QED) is 0.717. The van der Waals surface area contributed by atoms with Crippen molar-refractivity contribution in [2.24, 2.45) is 5.73 Å². The van der Waals surface area contributed by atoms with Gasteiger partial charge in [-0.05, 0) is 5.56 Å². The second-order valence-electron chi connectivity index (χ2n) is 2.88. The summed E-state index contributed by atoms with van der Waals surface area (Å²) >= 11 is 0. The first-order chi connectivity index (χ1) is 6.83. The van der Waals surface area contributed by atoms with E-state index < -0.39 is 0 Å². The Bertz CT molecular complexity index is 279. The van der Waals surface area contributed by atoms with E-state index in [1.165, 1.54) is 0 Å². The summed E-state index contributed by atoms with van der Waals surface area (Å²) in [6.07, 6.45) is 0. The molecule has 4 N–H and O–H groups in total. The number of urea groups is 1. The minimum Gasteiger partial charge on any atom is -0.337 e. The first-order valence-corrected chi connectivity index (χ1v) is 4.58. The maximum atomic E-state index is 11.1. The van der Waals surface area contributed by atoms with Gasteiger partial charge in [-0.15, -0.1) is 12.4 Å². The third-order valence-corrected chi connectivity index (χ3v) is 1.73. The molecule has 0 bridgehead atoms.